The van der Waals surface area contributed by atoms with E-state index >= 15 is 0 Å². The summed E-state index contributed by atoms with van der Waals surface area (Å²) in [6, 6.07) is 0. The Kier molecular flexibility index (Phi) is 4.33. The van der Waals surface area contributed by atoms with Gasteiger partial charge < -0.3 is 9.47 Å². The van der Waals surface area contributed by atoms with Gasteiger partial charge in [-0.05, 0) is 32.1 Å². The number of hydrogen-bond acceptors (Lipinski definition) is 3. The molecule has 1 saturated heterocycles. The van der Waals surface area contributed by atoms with Crippen LogP contribution in [0.4, 0.5) is 0 Å². The van der Waals surface area contributed by atoms with Crippen molar-refractivity contribution >= 4 is 5.97 Å². The van der Waals surface area contributed by atoms with E-state index in [0.29, 0.717) is 12.2 Å². The maximum atomic E-state index is 11.4. The van der Waals surface area contributed by atoms with Crippen molar-refractivity contribution in [3.63, 3.8) is 0 Å². The molecule has 3 heteroatoms. The smallest absolute Gasteiger partial charge is 0.333 e. The van der Waals surface area contributed by atoms with Crippen molar-refractivity contribution in [2.75, 3.05) is 19.8 Å². The Morgan fingerprint density at radius 3 is 2.60 bits per heavy atom. The van der Waals surface area contributed by atoms with Gasteiger partial charge in [-0.3, -0.25) is 0 Å². The van der Waals surface area contributed by atoms with E-state index in [9.17, 15) is 4.79 Å². The summed E-state index contributed by atoms with van der Waals surface area (Å²) in [7, 11) is 0. The van der Waals surface area contributed by atoms with E-state index in [0.717, 1.165) is 26.1 Å². The Balaban J connectivity index is 2.63. The number of hydrogen-bond donors (Lipinski definition) is 0. The fourth-order valence-corrected chi connectivity index (χ4v) is 1.81. The molecule has 0 bridgehead atoms. The minimum absolute atomic E-state index is 0.0924. The Bertz CT molecular complexity index is 250. The molecule has 15 heavy (non-hydrogen) atoms. The molecular formula is C12H20O3. The van der Waals surface area contributed by atoms with Crippen molar-refractivity contribution in [1.82, 2.24) is 0 Å². The SMILES string of the molecule is CCOC(=O)C(C)=CC1(C)CCOCC1. The van der Waals surface area contributed by atoms with Gasteiger partial charge in [-0.25, -0.2) is 4.79 Å². The molecule has 0 saturated carbocycles. The van der Waals surface area contributed by atoms with Crippen molar-refractivity contribution in [3.8, 4) is 0 Å². The first-order chi connectivity index (χ1) is 7.07. The second kappa shape index (κ2) is 5.31. The highest BCUT2D eigenvalue weighted by molar-refractivity contribution is 5.87. The molecule has 1 aliphatic heterocycles. The maximum Gasteiger partial charge on any atom is 0.333 e. The summed E-state index contributed by atoms with van der Waals surface area (Å²) in [5.74, 6) is -0.204. The molecule has 0 N–H and O–H groups in total. The summed E-state index contributed by atoms with van der Waals surface area (Å²) in [5.41, 5.74) is 0.802. The summed E-state index contributed by atoms with van der Waals surface area (Å²) in [4.78, 5) is 11.4. The molecule has 3 nitrogen and oxygen atoms in total. The summed E-state index contributed by atoms with van der Waals surface area (Å²) in [5, 5.41) is 0. The van der Waals surface area contributed by atoms with Crippen LogP contribution in [0.5, 0.6) is 0 Å². The van der Waals surface area contributed by atoms with Gasteiger partial charge in [0.05, 0.1) is 6.61 Å². The van der Waals surface area contributed by atoms with Crippen LogP contribution < -0.4 is 0 Å². The van der Waals surface area contributed by atoms with Crippen molar-refractivity contribution in [2.24, 2.45) is 5.41 Å². The third kappa shape index (κ3) is 3.67. The first kappa shape index (κ1) is 12.2. The van der Waals surface area contributed by atoms with E-state index in [1.807, 2.05) is 19.9 Å². The minimum Gasteiger partial charge on any atom is -0.463 e. The fourth-order valence-electron chi connectivity index (χ4n) is 1.81. The number of rotatable bonds is 3. The first-order valence-corrected chi connectivity index (χ1v) is 5.52. The maximum absolute atomic E-state index is 11.4. The van der Waals surface area contributed by atoms with Gasteiger partial charge in [0.1, 0.15) is 0 Å². The molecule has 0 atom stereocenters. The summed E-state index contributed by atoms with van der Waals surface area (Å²) < 4.78 is 10.3. The zero-order valence-electron chi connectivity index (χ0n) is 9.84. The van der Waals surface area contributed by atoms with Crippen LogP contribution >= 0.6 is 0 Å². The zero-order valence-corrected chi connectivity index (χ0v) is 9.84. The van der Waals surface area contributed by atoms with Crippen LogP contribution in [0.2, 0.25) is 0 Å². The van der Waals surface area contributed by atoms with Crippen LogP contribution in [0, 0.1) is 5.41 Å². The van der Waals surface area contributed by atoms with E-state index in [1.54, 1.807) is 0 Å². The lowest BCUT2D eigenvalue weighted by Crippen LogP contribution is -2.25. The molecule has 1 heterocycles. The molecule has 0 unspecified atom stereocenters. The lowest BCUT2D eigenvalue weighted by atomic mass is 9.81. The summed E-state index contributed by atoms with van der Waals surface area (Å²) in [6.45, 7) is 7.80. The standard InChI is InChI=1S/C12H20O3/c1-4-15-11(13)10(2)9-12(3)5-7-14-8-6-12/h9H,4-8H2,1-3H3. The average Bonchev–Trinajstić information content (AvgIpc) is 2.18. The Labute approximate surface area is 91.4 Å². The monoisotopic (exact) mass is 212 g/mol. The van der Waals surface area contributed by atoms with E-state index in [2.05, 4.69) is 6.92 Å². The van der Waals surface area contributed by atoms with Crippen molar-refractivity contribution in [1.29, 1.82) is 0 Å². The van der Waals surface area contributed by atoms with Gasteiger partial charge in [0.25, 0.3) is 0 Å². The normalized spacial score (nSPS) is 21.1. The van der Waals surface area contributed by atoms with E-state index < -0.39 is 0 Å². The van der Waals surface area contributed by atoms with Crippen LogP contribution in [0.1, 0.15) is 33.6 Å². The number of allylic oxidation sites excluding steroid dienone is 1. The number of carbonyl (C=O) groups excluding carboxylic acids is 1. The first-order valence-electron chi connectivity index (χ1n) is 5.52. The lowest BCUT2D eigenvalue weighted by molar-refractivity contribution is -0.138. The predicted molar refractivity (Wildman–Crippen MR) is 58.6 cm³/mol. The number of esters is 1. The van der Waals surface area contributed by atoms with Gasteiger partial charge >= 0.3 is 5.97 Å². The van der Waals surface area contributed by atoms with E-state index in [4.69, 9.17) is 9.47 Å². The largest absolute Gasteiger partial charge is 0.463 e. The third-order valence-corrected chi connectivity index (χ3v) is 2.80. The van der Waals surface area contributed by atoms with Crippen LogP contribution in [0.15, 0.2) is 11.6 Å². The van der Waals surface area contributed by atoms with Crippen LogP contribution in [0.25, 0.3) is 0 Å². The minimum atomic E-state index is -0.204. The summed E-state index contributed by atoms with van der Waals surface area (Å²) >= 11 is 0. The van der Waals surface area contributed by atoms with Gasteiger partial charge in [0.2, 0.25) is 0 Å². The predicted octanol–water partition coefficient (Wildman–Crippen LogP) is 2.31. The van der Waals surface area contributed by atoms with Gasteiger partial charge in [0.15, 0.2) is 0 Å². The Morgan fingerprint density at radius 2 is 2.07 bits per heavy atom. The third-order valence-electron chi connectivity index (χ3n) is 2.80. The average molecular weight is 212 g/mol. The van der Waals surface area contributed by atoms with Gasteiger partial charge in [-0.15, -0.1) is 0 Å². The molecule has 86 valence electrons. The number of carbonyl (C=O) groups is 1. The molecule has 0 aromatic rings. The quantitative estimate of drug-likeness (QED) is 0.532. The molecular weight excluding hydrogens is 192 g/mol. The molecule has 1 fully saturated rings. The lowest BCUT2D eigenvalue weighted by Gasteiger charge is -2.30. The van der Waals surface area contributed by atoms with Gasteiger partial charge in [-0.2, -0.15) is 0 Å². The van der Waals surface area contributed by atoms with E-state index in [-0.39, 0.29) is 11.4 Å². The Hall–Kier alpha value is -0.830. The highest BCUT2D eigenvalue weighted by Gasteiger charge is 2.26. The molecule has 0 aromatic heterocycles. The molecule has 0 amide bonds. The Morgan fingerprint density at radius 1 is 1.47 bits per heavy atom. The van der Waals surface area contributed by atoms with Crippen molar-refractivity contribution in [2.45, 2.75) is 33.6 Å². The van der Waals surface area contributed by atoms with Crippen LogP contribution in [-0.2, 0) is 14.3 Å². The van der Waals surface area contributed by atoms with Crippen molar-refractivity contribution < 1.29 is 14.3 Å². The zero-order chi connectivity index (χ0) is 11.3. The van der Waals surface area contributed by atoms with Crippen LogP contribution in [0.3, 0.4) is 0 Å². The van der Waals surface area contributed by atoms with Gasteiger partial charge in [-0.1, -0.05) is 13.0 Å². The van der Waals surface area contributed by atoms with E-state index in [1.165, 1.54) is 0 Å². The molecule has 0 spiro atoms. The number of ether oxygens (including phenoxy) is 2. The molecule has 1 aliphatic rings. The topological polar surface area (TPSA) is 35.5 Å². The van der Waals surface area contributed by atoms with Gasteiger partial charge in [0, 0.05) is 18.8 Å². The second-order valence-corrected chi connectivity index (χ2v) is 4.31. The summed E-state index contributed by atoms with van der Waals surface area (Å²) in [6.07, 6.45) is 3.99. The van der Waals surface area contributed by atoms with Crippen LogP contribution in [-0.4, -0.2) is 25.8 Å². The molecule has 1 rings (SSSR count). The van der Waals surface area contributed by atoms with Crippen molar-refractivity contribution in [3.05, 3.63) is 11.6 Å². The molecule has 0 radical (unpaired) electrons. The highest BCUT2D eigenvalue weighted by atomic mass is 16.5. The molecule has 0 aromatic carbocycles. The fraction of sp³-hybridized carbons (Fsp3) is 0.750. The highest BCUT2D eigenvalue weighted by Crippen LogP contribution is 2.32. The second-order valence-electron chi connectivity index (χ2n) is 4.31. The molecule has 0 aliphatic carbocycles.